The lowest BCUT2D eigenvalue weighted by atomic mass is 10.1. The fourth-order valence-electron chi connectivity index (χ4n) is 3.67. The SMILES string of the molecule is COC(=O)c1ccc(CN(c2ccccc2)S(=O)(=O)CCCN2CCN(C)CC2)c(F)c1. The van der Waals surface area contributed by atoms with Gasteiger partial charge in [0, 0.05) is 31.7 Å². The van der Waals surface area contributed by atoms with Crippen LogP contribution >= 0.6 is 0 Å². The van der Waals surface area contributed by atoms with E-state index in [-0.39, 0.29) is 23.4 Å². The molecular weight excluding hydrogens is 433 g/mol. The molecule has 0 aromatic heterocycles. The van der Waals surface area contributed by atoms with Crippen LogP contribution in [0.3, 0.4) is 0 Å². The molecule has 1 saturated heterocycles. The van der Waals surface area contributed by atoms with Crippen LogP contribution in [0, 0.1) is 5.82 Å². The molecule has 0 aliphatic carbocycles. The molecule has 1 heterocycles. The summed E-state index contributed by atoms with van der Waals surface area (Å²) in [5.74, 6) is -1.33. The molecule has 0 N–H and O–H groups in total. The van der Waals surface area contributed by atoms with Gasteiger partial charge >= 0.3 is 5.97 Å². The third-order valence-electron chi connectivity index (χ3n) is 5.64. The van der Waals surface area contributed by atoms with E-state index in [9.17, 15) is 17.6 Å². The minimum atomic E-state index is -3.70. The minimum Gasteiger partial charge on any atom is -0.465 e. The second kappa shape index (κ2) is 10.9. The van der Waals surface area contributed by atoms with Crippen molar-refractivity contribution in [1.29, 1.82) is 0 Å². The summed E-state index contributed by atoms with van der Waals surface area (Å²) in [7, 11) is -0.393. The number of benzene rings is 2. The summed E-state index contributed by atoms with van der Waals surface area (Å²) < 4.78 is 47.1. The molecule has 0 unspecified atom stereocenters. The number of hydrogen-bond donors (Lipinski definition) is 0. The molecule has 1 aliphatic rings. The zero-order chi connectivity index (χ0) is 23.1. The van der Waals surface area contributed by atoms with Crippen LogP contribution in [0.2, 0.25) is 0 Å². The van der Waals surface area contributed by atoms with Crippen LogP contribution in [0.15, 0.2) is 48.5 Å². The summed E-state index contributed by atoms with van der Waals surface area (Å²) in [4.78, 5) is 16.2. The first-order valence-electron chi connectivity index (χ1n) is 10.6. The molecule has 0 amide bonds. The fraction of sp³-hybridized carbons (Fsp3) is 0.435. The molecule has 0 atom stereocenters. The third-order valence-corrected chi connectivity index (χ3v) is 7.46. The lowest BCUT2D eigenvalue weighted by Gasteiger charge is -2.32. The van der Waals surface area contributed by atoms with Crippen molar-refractivity contribution in [3.8, 4) is 0 Å². The van der Waals surface area contributed by atoms with Gasteiger partial charge in [0.2, 0.25) is 10.0 Å². The van der Waals surface area contributed by atoms with Crippen LogP contribution in [0.4, 0.5) is 10.1 Å². The number of carbonyl (C=O) groups excluding carboxylic acids is 1. The Labute approximate surface area is 189 Å². The molecule has 3 rings (SSSR count). The average molecular weight is 464 g/mol. The van der Waals surface area contributed by atoms with E-state index in [0.717, 1.165) is 32.2 Å². The van der Waals surface area contributed by atoms with E-state index in [4.69, 9.17) is 0 Å². The fourth-order valence-corrected chi connectivity index (χ4v) is 5.16. The number of sulfonamides is 1. The summed E-state index contributed by atoms with van der Waals surface area (Å²) in [6, 6.07) is 12.6. The summed E-state index contributed by atoms with van der Waals surface area (Å²) in [6.45, 7) is 4.35. The molecule has 2 aromatic rings. The number of para-hydroxylation sites is 1. The van der Waals surface area contributed by atoms with Crippen molar-refractivity contribution >= 4 is 21.7 Å². The number of anilines is 1. The van der Waals surface area contributed by atoms with Crippen LogP contribution in [0.1, 0.15) is 22.3 Å². The Hall–Kier alpha value is -2.49. The molecule has 1 fully saturated rings. The summed E-state index contributed by atoms with van der Waals surface area (Å²) in [6.07, 6.45) is 0.499. The first-order valence-corrected chi connectivity index (χ1v) is 12.2. The predicted octanol–water partition coefficient (Wildman–Crippen LogP) is 2.59. The van der Waals surface area contributed by atoms with Crippen LogP contribution in [-0.4, -0.2) is 76.8 Å². The second-order valence-electron chi connectivity index (χ2n) is 7.95. The van der Waals surface area contributed by atoms with Gasteiger partial charge in [0.05, 0.1) is 30.7 Å². The van der Waals surface area contributed by atoms with Crippen LogP contribution in [0.5, 0.6) is 0 Å². The highest BCUT2D eigenvalue weighted by Gasteiger charge is 2.25. The van der Waals surface area contributed by atoms with Gasteiger partial charge in [-0.25, -0.2) is 17.6 Å². The molecule has 0 bridgehead atoms. The number of halogens is 1. The smallest absolute Gasteiger partial charge is 0.337 e. The number of carbonyl (C=O) groups is 1. The topological polar surface area (TPSA) is 70.2 Å². The van der Waals surface area contributed by atoms with Gasteiger partial charge in [-0.05, 0) is 44.3 Å². The Kier molecular flexibility index (Phi) is 8.22. The molecule has 0 radical (unpaired) electrons. The van der Waals surface area contributed by atoms with E-state index >= 15 is 0 Å². The highest BCUT2D eigenvalue weighted by molar-refractivity contribution is 7.92. The first-order chi connectivity index (χ1) is 15.3. The lowest BCUT2D eigenvalue weighted by Crippen LogP contribution is -2.45. The standard InChI is InChI=1S/C23H30FN3O4S/c1-25-12-14-26(15-13-25)11-6-16-32(29,30)27(21-7-4-3-5-8-21)18-20-10-9-19(17-22(20)24)23(28)31-2/h3-5,7-10,17H,6,11-16,18H2,1-2H3. The van der Waals surface area contributed by atoms with E-state index in [1.165, 1.54) is 23.5 Å². The normalized spacial score (nSPS) is 15.5. The summed E-state index contributed by atoms with van der Waals surface area (Å²) >= 11 is 0. The number of nitrogens with zero attached hydrogens (tertiary/aromatic N) is 3. The molecule has 1 aliphatic heterocycles. The molecule has 0 saturated carbocycles. The quantitative estimate of drug-likeness (QED) is 0.533. The van der Waals surface area contributed by atoms with Crippen molar-refractivity contribution < 1.29 is 22.3 Å². The van der Waals surface area contributed by atoms with E-state index in [1.807, 2.05) is 0 Å². The molecule has 9 heteroatoms. The van der Waals surface area contributed by atoms with E-state index in [1.54, 1.807) is 30.3 Å². The highest BCUT2D eigenvalue weighted by Crippen LogP contribution is 2.23. The Bertz CT molecular complexity index is 1010. The number of piperazine rings is 1. The van der Waals surface area contributed by atoms with Crippen molar-refractivity contribution in [2.24, 2.45) is 0 Å². The van der Waals surface area contributed by atoms with E-state index in [0.29, 0.717) is 18.7 Å². The van der Waals surface area contributed by atoms with Crippen molar-refractivity contribution in [1.82, 2.24) is 9.80 Å². The average Bonchev–Trinajstić information content (AvgIpc) is 2.79. The Morgan fingerprint density at radius 3 is 2.41 bits per heavy atom. The number of likely N-dealkylation sites (N-methyl/N-ethyl adjacent to an activating group) is 1. The van der Waals surface area contributed by atoms with Gasteiger partial charge in [0.25, 0.3) is 0 Å². The van der Waals surface area contributed by atoms with Crippen molar-refractivity contribution in [3.63, 3.8) is 0 Å². The van der Waals surface area contributed by atoms with E-state index in [2.05, 4.69) is 21.6 Å². The number of esters is 1. The van der Waals surface area contributed by atoms with Crippen molar-refractivity contribution in [2.75, 3.05) is 56.9 Å². The third kappa shape index (κ3) is 6.27. The summed E-state index contributed by atoms with van der Waals surface area (Å²) in [5, 5.41) is 0. The summed E-state index contributed by atoms with van der Waals surface area (Å²) in [5.41, 5.74) is 0.739. The lowest BCUT2D eigenvalue weighted by molar-refractivity contribution is 0.0600. The van der Waals surface area contributed by atoms with Gasteiger partial charge in [-0.2, -0.15) is 0 Å². The maximum absolute atomic E-state index is 14.7. The monoisotopic (exact) mass is 463 g/mol. The largest absolute Gasteiger partial charge is 0.465 e. The van der Waals surface area contributed by atoms with Crippen LogP contribution < -0.4 is 4.31 Å². The van der Waals surface area contributed by atoms with E-state index < -0.39 is 21.8 Å². The van der Waals surface area contributed by atoms with Gasteiger partial charge in [0.15, 0.2) is 0 Å². The molecule has 32 heavy (non-hydrogen) atoms. The minimum absolute atomic E-state index is 0.0316. The molecule has 0 spiro atoms. The number of methoxy groups -OCH3 is 1. The molecule has 2 aromatic carbocycles. The first kappa shape index (κ1) is 24.2. The highest BCUT2D eigenvalue weighted by atomic mass is 32.2. The zero-order valence-corrected chi connectivity index (χ0v) is 19.4. The molecular formula is C23H30FN3O4S. The van der Waals surface area contributed by atoms with Gasteiger partial charge < -0.3 is 14.5 Å². The Morgan fingerprint density at radius 1 is 1.09 bits per heavy atom. The predicted molar refractivity (Wildman–Crippen MR) is 123 cm³/mol. The Balaban J connectivity index is 1.75. The van der Waals surface area contributed by atoms with Crippen LogP contribution in [-0.2, 0) is 21.3 Å². The van der Waals surface area contributed by atoms with Gasteiger partial charge in [-0.3, -0.25) is 4.31 Å². The second-order valence-corrected chi connectivity index (χ2v) is 9.97. The maximum atomic E-state index is 14.7. The van der Waals surface area contributed by atoms with Gasteiger partial charge in [-0.1, -0.05) is 24.3 Å². The van der Waals surface area contributed by atoms with Crippen LogP contribution in [0.25, 0.3) is 0 Å². The Morgan fingerprint density at radius 2 is 1.78 bits per heavy atom. The molecule has 7 nitrogen and oxygen atoms in total. The zero-order valence-electron chi connectivity index (χ0n) is 18.5. The maximum Gasteiger partial charge on any atom is 0.337 e. The van der Waals surface area contributed by atoms with Crippen molar-refractivity contribution in [2.45, 2.75) is 13.0 Å². The van der Waals surface area contributed by atoms with Gasteiger partial charge in [-0.15, -0.1) is 0 Å². The number of ether oxygens (including phenoxy) is 1. The van der Waals surface area contributed by atoms with Crippen molar-refractivity contribution in [3.05, 3.63) is 65.5 Å². The number of rotatable bonds is 9. The van der Waals surface area contributed by atoms with Gasteiger partial charge in [0.1, 0.15) is 5.82 Å². The molecule has 174 valence electrons. The number of hydrogen-bond acceptors (Lipinski definition) is 6.